The van der Waals surface area contributed by atoms with E-state index in [1.54, 1.807) is 37.5 Å². The number of aromatic nitrogens is 2. The second kappa shape index (κ2) is 10.6. The molecule has 0 saturated carbocycles. The van der Waals surface area contributed by atoms with Gasteiger partial charge < -0.3 is 19.9 Å². The maximum absolute atomic E-state index is 12.9. The number of hydrogen-bond donors (Lipinski definition) is 2. The van der Waals surface area contributed by atoms with Crippen LogP contribution in [0.15, 0.2) is 76.3 Å². The molecule has 34 heavy (non-hydrogen) atoms. The van der Waals surface area contributed by atoms with Crippen LogP contribution in [-0.2, 0) is 11.3 Å². The largest absolute Gasteiger partial charge is 0.497 e. The van der Waals surface area contributed by atoms with Crippen LogP contribution in [0.3, 0.4) is 0 Å². The van der Waals surface area contributed by atoms with Gasteiger partial charge in [-0.05, 0) is 60.8 Å². The van der Waals surface area contributed by atoms with Crippen LogP contribution in [0.4, 0.5) is 0 Å². The highest BCUT2D eigenvalue weighted by molar-refractivity contribution is 7.10. The fourth-order valence-corrected chi connectivity index (χ4v) is 3.67. The fraction of sp³-hybridized carbons (Fsp3) is 0.120. The minimum absolute atomic E-state index is 0.00414. The average molecular weight is 475 g/mol. The Bertz CT molecular complexity index is 1290. The van der Waals surface area contributed by atoms with E-state index in [2.05, 4.69) is 20.8 Å². The number of ether oxygens (including phenoxy) is 1. The minimum atomic E-state index is -0.474. The van der Waals surface area contributed by atoms with Crippen molar-refractivity contribution in [3.8, 4) is 17.1 Å². The molecule has 8 nitrogen and oxygen atoms in total. The van der Waals surface area contributed by atoms with Gasteiger partial charge in [-0.1, -0.05) is 28.9 Å². The minimum Gasteiger partial charge on any atom is -0.497 e. The molecule has 0 aliphatic rings. The number of amides is 2. The zero-order chi connectivity index (χ0) is 23.9. The summed E-state index contributed by atoms with van der Waals surface area (Å²) in [6.07, 6.45) is 1.63. The van der Waals surface area contributed by atoms with Crippen LogP contribution in [0.25, 0.3) is 17.5 Å². The normalized spacial score (nSPS) is 11.2. The van der Waals surface area contributed by atoms with Crippen molar-refractivity contribution in [2.45, 2.75) is 13.5 Å². The lowest BCUT2D eigenvalue weighted by atomic mass is 10.1. The Morgan fingerprint density at radius 3 is 2.53 bits per heavy atom. The molecule has 2 heterocycles. The van der Waals surface area contributed by atoms with Gasteiger partial charge in [0.1, 0.15) is 11.4 Å². The first-order valence-corrected chi connectivity index (χ1v) is 11.3. The van der Waals surface area contributed by atoms with Gasteiger partial charge in [-0.3, -0.25) is 9.59 Å². The maximum Gasteiger partial charge on any atom is 0.268 e. The van der Waals surface area contributed by atoms with E-state index in [1.165, 1.54) is 11.3 Å². The van der Waals surface area contributed by atoms with Crippen molar-refractivity contribution < 1.29 is 18.8 Å². The summed E-state index contributed by atoms with van der Waals surface area (Å²) in [4.78, 5) is 30.8. The molecule has 0 bridgehead atoms. The van der Waals surface area contributed by atoms with E-state index in [0.29, 0.717) is 11.4 Å². The van der Waals surface area contributed by atoms with Gasteiger partial charge in [0.15, 0.2) is 0 Å². The summed E-state index contributed by atoms with van der Waals surface area (Å²) >= 11 is 1.45. The van der Waals surface area contributed by atoms with E-state index < -0.39 is 5.91 Å². The molecule has 0 unspecified atom stereocenters. The van der Waals surface area contributed by atoms with Crippen molar-refractivity contribution in [1.82, 2.24) is 20.8 Å². The number of nitrogens with one attached hydrogen (secondary N) is 2. The molecule has 2 N–H and O–H groups in total. The highest BCUT2D eigenvalue weighted by atomic mass is 32.1. The van der Waals surface area contributed by atoms with Crippen molar-refractivity contribution in [3.05, 3.63) is 93.6 Å². The van der Waals surface area contributed by atoms with Gasteiger partial charge in [-0.15, -0.1) is 11.3 Å². The number of hydrogen-bond acceptors (Lipinski definition) is 7. The third-order valence-corrected chi connectivity index (χ3v) is 5.67. The number of carbonyl (C=O) groups is 2. The number of thiophene rings is 1. The molecule has 4 rings (SSSR count). The van der Waals surface area contributed by atoms with E-state index in [1.807, 2.05) is 48.7 Å². The molecule has 0 radical (unpaired) electrons. The van der Waals surface area contributed by atoms with Crippen LogP contribution < -0.4 is 15.4 Å². The summed E-state index contributed by atoms with van der Waals surface area (Å²) in [6.45, 7) is 1.94. The van der Waals surface area contributed by atoms with Gasteiger partial charge in [0.25, 0.3) is 11.8 Å². The standard InChI is InChI=1S/C25H22N4O4S/c1-16-5-7-18(8-6-16)24(30)27-21(14-20-4-3-13-34-20)25(31)26-15-22-28-23(29-33-22)17-9-11-19(32-2)12-10-17/h3-14H,15H2,1-2H3,(H,26,31)(H,27,30)/b21-14-. The molecule has 0 aliphatic heterocycles. The maximum atomic E-state index is 12.9. The molecule has 172 valence electrons. The lowest BCUT2D eigenvalue weighted by Crippen LogP contribution is -2.34. The average Bonchev–Trinajstić information content (AvgIpc) is 3.55. The number of nitrogens with zero attached hydrogens (tertiary/aromatic N) is 2. The Morgan fingerprint density at radius 1 is 1.09 bits per heavy atom. The van der Waals surface area contributed by atoms with Crippen molar-refractivity contribution in [2.24, 2.45) is 0 Å². The monoisotopic (exact) mass is 474 g/mol. The zero-order valence-electron chi connectivity index (χ0n) is 18.6. The van der Waals surface area contributed by atoms with Crippen LogP contribution in [0.2, 0.25) is 0 Å². The predicted molar refractivity (Wildman–Crippen MR) is 129 cm³/mol. The third-order valence-electron chi connectivity index (χ3n) is 4.85. The zero-order valence-corrected chi connectivity index (χ0v) is 19.4. The highest BCUT2D eigenvalue weighted by Crippen LogP contribution is 2.20. The molecule has 2 amide bonds. The molecular weight excluding hydrogens is 452 g/mol. The predicted octanol–water partition coefficient (Wildman–Crippen LogP) is 4.20. The van der Waals surface area contributed by atoms with Gasteiger partial charge >= 0.3 is 0 Å². The Hall–Kier alpha value is -4.24. The van der Waals surface area contributed by atoms with E-state index in [4.69, 9.17) is 9.26 Å². The first kappa shape index (κ1) is 22.9. The number of benzene rings is 2. The van der Waals surface area contributed by atoms with Crippen molar-refractivity contribution in [3.63, 3.8) is 0 Å². The molecule has 2 aromatic carbocycles. The highest BCUT2D eigenvalue weighted by Gasteiger charge is 2.16. The quantitative estimate of drug-likeness (QED) is 0.371. The van der Waals surface area contributed by atoms with Crippen LogP contribution in [-0.4, -0.2) is 29.1 Å². The topological polar surface area (TPSA) is 106 Å². The Morgan fingerprint density at radius 2 is 1.85 bits per heavy atom. The van der Waals surface area contributed by atoms with E-state index >= 15 is 0 Å². The summed E-state index contributed by atoms with van der Waals surface area (Å²) in [5.74, 6) is 0.501. The van der Waals surface area contributed by atoms with Gasteiger partial charge in [0.05, 0.1) is 13.7 Å². The molecule has 0 atom stereocenters. The van der Waals surface area contributed by atoms with Gasteiger partial charge in [0, 0.05) is 16.0 Å². The number of aryl methyl sites for hydroxylation is 1. The molecule has 9 heteroatoms. The molecule has 4 aromatic rings. The Labute approximate surface area is 200 Å². The third kappa shape index (κ3) is 5.76. The van der Waals surface area contributed by atoms with Crippen molar-refractivity contribution in [2.75, 3.05) is 7.11 Å². The number of carbonyl (C=O) groups excluding carboxylic acids is 2. The first-order valence-electron chi connectivity index (χ1n) is 10.4. The second-order valence-corrected chi connectivity index (χ2v) is 8.30. The van der Waals surface area contributed by atoms with Gasteiger partial charge in [-0.2, -0.15) is 4.98 Å². The SMILES string of the molecule is COc1ccc(-c2noc(CNC(=O)/C(=C/c3cccs3)NC(=O)c3ccc(C)cc3)n2)cc1. The summed E-state index contributed by atoms with van der Waals surface area (Å²) in [5.41, 5.74) is 2.36. The summed E-state index contributed by atoms with van der Waals surface area (Å²) in [7, 11) is 1.59. The summed E-state index contributed by atoms with van der Waals surface area (Å²) in [5, 5.41) is 11.3. The van der Waals surface area contributed by atoms with Crippen LogP contribution in [0, 0.1) is 6.92 Å². The Kier molecular flexibility index (Phi) is 7.14. The van der Waals surface area contributed by atoms with E-state index in [-0.39, 0.29) is 24.0 Å². The number of methoxy groups -OCH3 is 1. The molecule has 0 spiro atoms. The van der Waals surface area contributed by atoms with E-state index in [0.717, 1.165) is 21.8 Å². The molecule has 0 aliphatic carbocycles. The molecule has 0 saturated heterocycles. The smallest absolute Gasteiger partial charge is 0.268 e. The van der Waals surface area contributed by atoms with Crippen molar-refractivity contribution in [1.29, 1.82) is 0 Å². The number of rotatable bonds is 8. The van der Waals surface area contributed by atoms with Crippen molar-refractivity contribution >= 4 is 29.2 Å². The van der Waals surface area contributed by atoms with Gasteiger partial charge in [-0.25, -0.2) is 0 Å². The Balaban J connectivity index is 1.45. The summed E-state index contributed by atoms with van der Waals surface area (Å²) in [6, 6.07) is 18.1. The van der Waals surface area contributed by atoms with Crippen LogP contribution in [0.5, 0.6) is 5.75 Å². The molecule has 0 fully saturated rings. The molecular formula is C25H22N4O4S. The van der Waals surface area contributed by atoms with Gasteiger partial charge in [0.2, 0.25) is 11.7 Å². The molecule has 2 aromatic heterocycles. The van der Waals surface area contributed by atoms with Crippen LogP contribution in [0.1, 0.15) is 26.7 Å². The lowest BCUT2D eigenvalue weighted by molar-refractivity contribution is -0.118. The van der Waals surface area contributed by atoms with Crippen LogP contribution >= 0.6 is 11.3 Å². The second-order valence-electron chi connectivity index (χ2n) is 7.32. The van der Waals surface area contributed by atoms with E-state index in [9.17, 15) is 9.59 Å². The first-order chi connectivity index (χ1) is 16.5. The lowest BCUT2D eigenvalue weighted by Gasteiger charge is -2.10. The fourth-order valence-electron chi connectivity index (χ4n) is 3.01. The summed E-state index contributed by atoms with van der Waals surface area (Å²) < 4.78 is 10.4.